The van der Waals surface area contributed by atoms with Gasteiger partial charge in [0.25, 0.3) is 5.56 Å². The SMILES string of the molecule is COc1ccc([C@@H]2C3=C(N=c4s/c(=C\c5cc(Br)c(OC(C)=O)c(OC)c5)c(=O)n42)c2ccccc2CC3)cc1OC. The Kier molecular flexibility index (Phi) is 7.51. The van der Waals surface area contributed by atoms with Gasteiger partial charge in [0, 0.05) is 12.5 Å². The predicted molar refractivity (Wildman–Crippen MR) is 164 cm³/mol. The summed E-state index contributed by atoms with van der Waals surface area (Å²) in [4.78, 5) is 31.4. The van der Waals surface area contributed by atoms with Gasteiger partial charge in [0.15, 0.2) is 27.8 Å². The number of hydrogen-bond donors (Lipinski definition) is 0. The Balaban J connectivity index is 1.57. The number of hydrogen-bond acceptors (Lipinski definition) is 8. The maximum atomic E-state index is 14.1. The molecule has 0 saturated heterocycles. The third-order valence-electron chi connectivity index (χ3n) is 7.39. The van der Waals surface area contributed by atoms with Crippen molar-refractivity contribution in [2.75, 3.05) is 21.3 Å². The first-order valence-electron chi connectivity index (χ1n) is 13.2. The molecule has 2 heterocycles. The van der Waals surface area contributed by atoms with Crippen molar-refractivity contribution in [3.05, 3.63) is 107 Å². The van der Waals surface area contributed by atoms with Crippen LogP contribution in [0.4, 0.5) is 0 Å². The number of fused-ring (bicyclic) bond motifs is 3. The lowest BCUT2D eigenvalue weighted by Crippen LogP contribution is -2.38. The second-order valence-electron chi connectivity index (χ2n) is 9.86. The van der Waals surface area contributed by atoms with Crippen LogP contribution in [0.5, 0.6) is 23.0 Å². The Bertz CT molecular complexity index is 1960. The van der Waals surface area contributed by atoms with Crippen LogP contribution in [0.2, 0.25) is 0 Å². The summed E-state index contributed by atoms with van der Waals surface area (Å²) in [5.74, 6) is 1.40. The smallest absolute Gasteiger partial charge is 0.308 e. The molecule has 0 spiro atoms. The molecular formula is C32H27BrN2O6S. The van der Waals surface area contributed by atoms with Crippen molar-refractivity contribution >= 4 is 45.0 Å². The second kappa shape index (κ2) is 11.3. The molecule has 1 atom stereocenters. The molecule has 0 bridgehead atoms. The summed E-state index contributed by atoms with van der Waals surface area (Å²) in [6.07, 6.45) is 3.44. The summed E-state index contributed by atoms with van der Waals surface area (Å²) in [6, 6.07) is 17.3. The van der Waals surface area contributed by atoms with E-state index in [1.165, 1.54) is 30.9 Å². The van der Waals surface area contributed by atoms with Gasteiger partial charge in [0.1, 0.15) is 0 Å². The number of ether oxygens (including phenoxy) is 4. The van der Waals surface area contributed by atoms with Crippen LogP contribution >= 0.6 is 27.3 Å². The zero-order valence-electron chi connectivity index (χ0n) is 23.4. The predicted octanol–water partition coefficient (Wildman–Crippen LogP) is 5.03. The molecule has 0 radical (unpaired) electrons. The second-order valence-corrected chi connectivity index (χ2v) is 11.7. The van der Waals surface area contributed by atoms with E-state index in [0.717, 1.165) is 35.2 Å². The van der Waals surface area contributed by atoms with Crippen molar-refractivity contribution < 1.29 is 23.7 Å². The number of aromatic nitrogens is 1. The van der Waals surface area contributed by atoms with Gasteiger partial charge in [-0.25, -0.2) is 4.99 Å². The number of methoxy groups -OCH3 is 3. The minimum atomic E-state index is -0.462. The number of esters is 1. The number of rotatable bonds is 6. The normalized spacial score (nSPS) is 15.7. The summed E-state index contributed by atoms with van der Waals surface area (Å²) >= 11 is 4.81. The molecule has 0 amide bonds. The van der Waals surface area contributed by atoms with Gasteiger partial charge in [-0.15, -0.1) is 0 Å². The molecule has 0 saturated carbocycles. The summed E-state index contributed by atoms with van der Waals surface area (Å²) < 4.78 is 24.7. The van der Waals surface area contributed by atoms with Gasteiger partial charge >= 0.3 is 5.97 Å². The topological polar surface area (TPSA) is 88.4 Å². The fourth-order valence-corrected chi connectivity index (χ4v) is 7.10. The van der Waals surface area contributed by atoms with E-state index in [2.05, 4.69) is 28.1 Å². The van der Waals surface area contributed by atoms with Crippen LogP contribution in [0.15, 0.2) is 74.4 Å². The van der Waals surface area contributed by atoms with E-state index in [4.69, 9.17) is 23.9 Å². The molecule has 0 unspecified atom stereocenters. The minimum Gasteiger partial charge on any atom is -0.493 e. The van der Waals surface area contributed by atoms with Gasteiger partial charge < -0.3 is 18.9 Å². The van der Waals surface area contributed by atoms with E-state index in [0.29, 0.717) is 36.6 Å². The van der Waals surface area contributed by atoms with Crippen LogP contribution in [0.3, 0.4) is 0 Å². The Morgan fingerprint density at radius 3 is 2.50 bits per heavy atom. The fraction of sp³-hybridized carbons (Fsp3) is 0.219. The van der Waals surface area contributed by atoms with Crippen molar-refractivity contribution in [2.45, 2.75) is 25.8 Å². The highest BCUT2D eigenvalue weighted by molar-refractivity contribution is 9.10. The minimum absolute atomic E-state index is 0.150. The fourth-order valence-electron chi connectivity index (χ4n) is 5.56. The Morgan fingerprint density at radius 2 is 1.76 bits per heavy atom. The summed E-state index contributed by atoms with van der Waals surface area (Å²) in [5.41, 5.74) is 5.82. The first kappa shape index (κ1) is 28.0. The molecule has 214 valence electrons. The monoisotopic (exact) mass is 646 g/mol. The number of nitrogens with zero attached hydrogens (tertiary/aromatic N) is 2. The number of thiazole rings is 1. The lowest BCUT2D eigenvalue weighted by molar-refractivity contribution is -0.132. The standard InChI is InChI=1S/C32H27BrN2O6S/c1-17(36)41-30-23(33)13-18(14-26(30)40-4)15-27-31(37)35-29(20-10-12-24(38-2)25(16-20)39-3)22-11-9-19-7-5-6-8-21(19)28(22)34-32(35)42-27/h5-8,10,12-16,29H,9,11H2,1-4H3/b27-15-/t29-/m1/s1. The van der Waals surface area contributed by atoms with Crippen LogP contribution in [0.1, 0.15) is 41.6 Å². The molecule has 1 aliphatic heterocycles. The van der Waals surface area contributed by atoms with Gasteiger partial charge in [-0.05, 0) is 81.4 Å². The van der Waals surface area contributed by atoms with Gasteiger partial charge in [0.05, 0.1) is 42.1 Å². The Hall–Kier alpha value is -4.15. The van der Waals surface area contributed by atoms with Crippen molar-refractivity contribution in [3.63, 3.8) is 0 Å². The van der Waals surface area contributed by atoms with E-state index < -0.39 is 5.97 Å². The van der Waals surface area contributed by atoms with Gasteiger partial charge in [-0.3, -0.25) is 14.2 Å². The van der Waals surface area contributed by atoms with E-state index in [1.807, 2.05) is 30.3 Å². The van der Waals surface area contributed by atoms with Crippen molar-refractivity contribution in [1.82, 2.24) is 4.57 Å². The van der Waals surface area contributed by atoms with Crippen LogP contribution < -0.4 is 33.8 Å². The molecular weight excluding hydrogens is 620 g/mol. The quantitative estimate of drug-likeness (QED) is 0.216. The molecule has 3 aromatic carbocycles. The zero-order chi connectivity index (χ0) is 29.5. The largest absolute Gasteiger partial charge is 0.493 e. The van der Waals surface area contributed by atoms with Crippen LogP contribution in [0, 0.1) is 0 Å². The summed E-state index contributed by atoms with van der Waals surface area (Å²) in [5, 5.41) is 0. The Morgan fingerprint density at radius 1 is 1.00 bits per heavy atom. The number of benzene rings is 3. The average molecular weight is 648 g/mol. The molecule has 10 heteroatoms. The lowest BCUT2D eigenvalue weighted by atomic mass is 9.83. The van der Waals surface area contributed by atoms with E-state index in [-0.39, 0.29) is 17.4 Å². The molecule has 2 aliphatic rings. The number of carbonyl (C=O) groups is 1. The zero-order valence-corrected chi connectivity index (χ0v) is 25.8. The molecule has 4 aromatic rings. The van der Waals surface area contributed by atoms with E-state index in [1.54, 1.807) is 37.0 Å². The molecule has 0 fully saturated rings. The van der Waals surface area contributed by atoms with Crippen molar-refractivity contribution in [3.8, 4) is 23.0 Å². The van der Waals surface area contributed by atoms with Gasteiger partial charge in [-0.1, -0.05) is 41.7 Å². The molecule has 1 aromatic heterocycles. The van der Waals surface area contributed by atoms with Crippen molar-refractivity contribution in [2.24, 2.45) is 4.99 Å². The summed E-state index contributed by atoms with van der Waals surface area (Å²) in [7, 11) is 4.71. The van der Waals surface area contributed by atoms with Crippen LogP contribution in [-0.4, -0.2) is 31.9 Å². The van der Waals surface area contributed by atoms with Crippen LogP contribution in [0.25, 0.3) is 11.8 Å². The maximum Gasteiger partial charge on any atom is 0.308 e. The third kappa shape index (κ3) is 4.84. The number of allylic oxidation sites excluding steroid dienone is 1. The number of aryl methyl sites for hydroxylation is 1. The number of carbonyl (C=O) groups excluding carboxylic acids is 1. The highest BCUT2D eigenvalue weighted by Crippen LogP contribution is 2.43. The first-order valence-corrected chi connectivity index (χ1v) is 14.8. The van der Waals surface area contributed by atoms with Crippen LogP contribution in [-0.2, 0) is 11.2 Å². The molecule has 1 aliphatic carbocycles. The summed E-state index contributed by atoms with van der Waals surface area (Å²) in [6.45, 7) is 1.33. The third-order valence-corrected chi connectivity index (χ3v) is 8.96. The Labute approximate surface area is 254 Å². The van der Waals surface area contributed by atoms with Gasteiger partial charge in [-0.2, -0.15) is 0 Å². The highest BCUT2D eigenvalue weighted by Gasteiger charge is 2.33. The highest BCUT2D eigenvalue weighted by atomic mass is 79.9. The number of halogens is 1. The maximum absolute atomic E-state index is 14.1. The van der Waals surface area contributed by atoms with E-state index >= 15 is 0 Å². The van der Waals surface area contributed by atoms with Gasteiger partial charge in [0.2, 0.25) is 0 Å². The molecule has 6 rings (SSSR count). The molecule has 0 N–H and O–H groups in total. The van der Waals surface area contributed by atoms with E-state index in [9.17, 15) is 9.59 Å². The molecule has 42 heavy (non-hydrogen) atoms. The lowest BCUT2D eigenvalue weighted by Gasteiger charge is -2.31. The van der Waals surface area contributed by atoms with Crippen molar-refractivity contribution in [1.29, 1.82) is 0 Å². The first-order chi connectivity index (χ1) is 20.3. The average Bonchev–Trinajstić information content (AvgIpc) is 3.30. The molecule has 8 nitrogen and oxygen atoms in total.